The fourth-order valence-corrected chi connectivity index (χ4v) is 1.47. The van der Waals surface area contributed by atoms with E-state index in [1.807, 2.05) is 19.1 Å². The van der Waals surface area contributed by atoms with E-state index in [4.69, 9.17) is 4.74 Å². The topological polar surface area (TPSA) is 26.3 Å². The van der Waals surface area contributed by atoms with Gasteiger partial charge in [0, 0.05) is 12.0 Å². The Morgan fingerprint density at radius 3 is 2.80 bits per heavy atom. The van der Waals surface area contributed by atoms with Crippen molar-refractivity contribution in [2.75, 3.05) is 7.11 Å². The molecule has 0 radical (unpaired) electrons. The van der Waals surface area contributed by atoms with Crippen LogP contribution in [0.25, 0.3) is 0 Å². The highest BCUT2D eigenvalue weighted by atomic mass is 16.5. The van der Waals surface area contributed by atoms with Crippen LogP contribution in [0.5, 0.6) is 5.75 Å². The van der Waals surface area contributed by atoms with E-state index in [0.29, 0.717) is 12.8 Å². The summed E-state index contributed by atoms with van der Waals surface area (Å²) in [5.41, 5.74) is 1.75. The molecular weight excluding hydrogens is 188 g/mol. The molecule has 15 heavy (non-hydrogen) atoms. The smallest absolute Gasteiger partial charge is 0.162 e. The van der Waals surface area contributed by atoms with Gasteiger partial charge in [0.2, 0.25) is 0 Å². The minimum Gasteiger partial charge on any atom is -0.496 e. The molecule has 0 N–H and O–H groups in total. The minimum absolute atomic E-state index is 0.156. The van der Waals surface area contributed by atoms with Crippen LogP contribution >= 0.6 is 0 Å². The van der Waals surface area contributed by atoms with Gasteiger partial charge in [-0.05, 0) is 30.2 Å². The third-order valence-corrected chi connectivity index (χ3v) is 2.29. The zero-order valence-electron chi connectivity index (χ0n) is 9.25. The molecule has 0 aliphatic heterocycles. The molecule has 2 nitrogen and oxygen atoms in total. The van der Waals surface area contributed by atoms with Gasteiger partial charge in [-0.2, -0.15) is 0 Å². The highest BCUT2D eigenvalue weighted by Crippen LogP contribution is 2.21. The lowest BCUT2D eigenvalue weighted by atomic mass is 10.0. The number of hydrogen-bond donors (Lipinski definition) is 0. The summed E-state index contributed by atoms with van der Waals surface area (Å²) in [4.78, 5) is 11.5. The number of carbonyl (C=O) groups is 1. The standard InChI is InChI=1S/C13H16O2/c1-4-6-11-9-10(12(14)5-2)7-8-13(11)15-3/h4,7-9H,1,5-6H2,2-3H3. The molecule has 0 heterocycles. The van der Waals surface area contributed by atoms with Crippen molar-refractivity contribution in [1.82, 2.24) is 0 Å². The second-order valence-corrected chi connectivity index (χ2v) is 3.30. The van der Waals surface area contributed by atoms with Crippen molar-refractivity contribution >= 4 is 5.78 Å². The Hall–Kier alpha value is -1.57. The summed E-state index contributed by atoms with van der Waals surface area (Å²) < 4.78 is 5.21. The minimum atomic E-state index is 0.156. The third kappa shape index (κ3) is 2.69. The molecule has 0 aliphatic rings. The number of benzene rings is 1. The molecule has 2 heteroatoms. The van der Waals surface area contributed by atoms with Crippen LogP contribution in [0, 0.1) is 0 Å². The van der Waals surface area contributed by atoms with Gasteiger partial charge in [0.05, 0.1) is 7.11 Å². The summed E-state index contributed by atoms with van der Waals surface area (Å²) >= 11 is 0. The molecule has 80 valence electrons. The van der Waals surface area contributed by atoms with Crippen molar-refractivity contribution in [3.05, 3.63) is 42.0 Å². The first-order valence-corrected chi connectivity index (χ1v) is 5.04. The number of hydrogen-bond acceptors (Lipinski definition) is 2. The molecule has 1 aromatic carbocycles. The van der Waals surface area contributed by atoms with Gasteiger partial charge in [-0.25, -0.2) is 0 Å². The first-order valence-electron chi connectivity index (χ1n) is 5.04. The summed E-state index contributed by atoms with van der Waals surface area (Å²) in [5, 5.41) is 0. The van der Waals surface area contributed by atoms with Gasteiger partial charge in [0.15, 0.2) is 5.78 Å². The average molecular weight is 204 g/mol. The van der Waals surface area contributed by atoms with Gasteiger partial charge >= 0.3 is 0 Å². The maximum Gasteiger partial charge on any atom is 0.162 e. The molecule has 0 fully saturated rings. The molecular formula is C13H16O2. The maximum atomic E-state index is 11.5. The molecule has 1 rings (SSSR count). The molecule has 0 bridgehead atoms. The maximum absolute atomic E-state index is 11.5. The molecule has 0 amide bonds. The van der Waals surface area contributed by atoms with E-state index in [1.54, 1.807) is 19.3 Å². The van der Waals surface area contributed by atoms with Gasteiger partial charge in [0.1, 0.15) is 5.75 Å². The lowest BCUT2D eigenvalue weighted by molar-refractivity contribution is 0.0988. The summed E-state index contributed by atoms with van der Waals surface area (Å²) in [6.07, 6.45) is 3.05. The van der Waals surface area contributed by atoms with Crippen molar-refractivity contribution in [3.8, 4) is 5.75 Å². The van der Waals surface area contributed by atoms with Crippen LogP contribution in [0.2, 0.25) is 0 Å². The molecule has 0 unspecified atom stereocenters. The number of ketones is 1. The van der Waals surface area contributed by atoms with Crippen LogP contribution in [0.4, 0.5) is 0 Å². The Labute approximate surface area is 90.6 Å². The number of rotatable bonds is 5. The number of carbonyl (C=O) groups excluding carboxylic acids is 1. The van der Waals surface area contributed by atoms with Gasteiger partial charge in [-0.3, -0.25) is 4.79 Å². The molecule has 1 aromatic rings. The van der Waals surface area contributed by atoms with E-state index < -0.39 is 0 Å². The van der Waals surface area contributed by atoms with E-state index in [-0.39, 0.29) is 5.78 Å². The molecule has 0 aromatic heterocycles. The van der Waals surface area contributed by atoms with Crippen molar-refractivity contribution in [1.29, 1.82) is 0 Å². The van der Waals surface area contributed by atoms with Crippen molar-refractivity contribution in [2.45, 2.75) is 19.8 Å². The molecule has 0 spiro atoms. The van der Waals surface area contributed by atoms with Crippen molar-refractivity contribution < 1.29 is 9.53 Å². The first kappa shape index (κ1) is 11.5. The normalized spacial score (nSPS) is 9.73. The Morgan fingerprint density at radius 1 is 1.53 bits per heavy atom. The number of ether oxygens (including phenoxy) is 1. The fraction of sp³-hybridized carbons (Fsp3) is 0.308. The van der Waals surface area contributed by atoms with Gasteiger partial charge in [-0.1, -0.05) is 13.0 Å². The van der Waals surface area contributed by atoms with E-state index in [1.165, 1.54) is 0 Å². The van der Waals surface area contributed by atoms with Crippen LogP contribution in [0.3, 0.4) is 0 Å². The number of methoxy groups -OCH3 is 1. The predicted molar refractivity (Wildman–Crippen MR) is 61.5 cm³/mol. The lowest BCUT2D eigenvalue weighted by Gasteiger charge is -2.08. The zero-order valence-corrected chi connectivity index (χ0v) is 9.25. The van der Waals surface area contributed by atoms with Crippen LogP contribution in [0.1, 0.15) is 29.3 Å². The Balaban J connectivity index is 3.09. The van der Waals surface area contributed by atoms with E-state index in [0.717, 1.165) is 16.9 Å². The van der Waals surface area contributed by atoms with Gasteiger partial charge < -0.3 is 4.74 Å². The zero-order chi connectivity index (χ0) is 11.3. The Bertz CT molecular complexity index is 367. The largest absolute Gasteiger partial charge is 0.496 e. The summed E-state index contributed by atoms with van der Waals surface area (Å²) in [6.45, 7) is 5.55. The molecule has 0 atom stereocenters. The van der Waals surface area contributed by atoms with Crippen LogP contribution in [-0.2, 0) is 6.42 Å². The second kappa shape index (κ2) is 5.35. The number of Topliss-reactive ketones (excluding diaryl/α,β-unsaturated/α-hetero) is 1. The number of allylic oxidation sites excluding steroid dienone is 1. The summed E-state index contributed by atoms with van der Waals surface area (Å²) in [5.74, 6) is 0.963. The first-order chi connectivity index (χ1) is 7.22. The van der Waals surface area contributed by atoms with Gasteiger partial charge in [0.25, 0.3) is 0 Å². The SMILES string of the molecule is C=CCc1cc(C(=O)CC)ccc1OC. The fourth-order valence-electron chi connectivity index (χ4n) is 1.47. The summed E-state index contributed by atoms with van der Waals surface area (Å²) in [7, 11) is 1.63. The molecule has 0 saturated carbocycles. The second-order valence-electron chi connectivity index (χ2n) is 3.30. The van der Waals surface area contributed by atoms with Gasteiger partial charge in [-0.15, -0.1) is 6.58 Å². The molecule has 0 aliphatic carbocycles. The molecule has 0 saturated heterocycles. The average Bonchev–Trinajstić information content (AvgIpc) is 2.28. The van der Waals surface area contributed by atoms with Crippen molar-refractivity contribution in [3.63, 3.8) is 0 Å². The van der Waals surface area contributed by atoms with E-state index in [9.17, 15) is 4.79 Å². The third-order valence-electron chi connectivity index (χ3n) is 2.29. The van der Waals surface area contributed by atoms with Crippen LogP contribution < -0.4 is 4.74 Å². The summed E-state index contributed by atoms with van der Waals surface area (Å²) in [6, 6.07) is 5.52. The lowest BCUT2D eigenvalue weighted by Crippen LogP contribution is -1.99. The van der Waals surface area contributed by atoms with E-state index in [2.05, 4.69) is 6.58 Å². The highest BCUT2D eigenvalue weighted by Gasteiger charge is 2.07. The highest BCUT2D eigenvalue weighted by molar-refractivity contribution is 5.96. The Kier molecular flexibility index (Phi) is 4.10. The predicted octanol–water partition coefficient (Wildman–Crippen LogP) is 3.02. The van der Waals surface area contributed by atoms with Crippen molar-refractivity contribution in [2.24, 2.45) is 0 Å². The van der Waals surface area contributed by atoms with Crippen LogP contribution in [-0.4, -0.2) is 12.9 Å². The van der Waals surface area contributed by atoms with Crippen LogP contribution in [0.15, 0.2) is 30.9 Å². The monoisotopic (exact) mass is 204 g/mol. The quantitative estimate of drug-likeness (QED) is 0.544. The Morgan fingerprint density at radius 2 is 2.27 bits per heavy atom. The van der Waals surface area contributed by atoms with E-state index >= 15 is 0 Å².